The Balaban J connectivity index is 1.35. The summed E-state index contributed by atoms with van der Waals surface area (Å²) < 4.78 is 6.78. The summed E-state index contributed by atoms with van der Waals surface area (Å²) in [6, 6.07) is 11.7. The predicted octanol–water partition coefficient (Wildman–Crippen LogP) is 5.23. The van der Waals surface area contributed by atoms with E-state index < -0.39 is 0 Å². The number of amides is 1. The van der Waals surface area contributed by atoms with Gasteiger partial charge in [-0.2, -0.15) is 0 Å². The van der Waals surface area contributed by atoms with Crippen LogP contribution in [0, 0.1) is 29.1 Å². The van der Waals surface area contributed by atoms with E-state index in [0.717, 1.165) is 24.7 Å². The quantitative estimate of drug-likeness (QED) is 0.642. The van der Waals surface area contributed by atoms with Gasteiger partial charge in [-0.25, -0.2) is 0 Å². The molecule has 3 saturated carbocycles. The van der Waals surface area contributed by atoms with Crippen LogP contribution in [0.2, 0.25) is 0 Å². The van der Waals surface area contributed by atoms with Crippen molar-refractivity contribution in [1.82, 2.24) is 4.90 Å². The first-order chi connectivity index (χ1) is 14.4. The van der Waals surface area contributed by atoms with E-state index in [-0.39, 0.29) is 17.7 Å². The summed E-state index contributed by atoms with van der Waals surface area (Å²) in [4.78, 5) is 15.6. The van der Waals surface area contributed by atoms with Crippen molar-refractivity contribution in [2.75, 3.05) is 0 Å². The molecule has 2 aliphatic heterocycles. The highest BCUT2D eigenvalue weighted by Gasteiger charge is 2.70. The van der Waals surface area contributed by atoms with Crippen LogP contribution in [-0.4, -0.2) is 34.6 Å². The molecule has 5 fully saturated rings. The molecule has 2 saturated heterocycles. The Kier molecular flexibility index (Phi) is 4.24. The van der Waals surface area contributed by atoms with Crippen LogP contribution in [-0.2, 0) is 16.0 Å². The minimum Gasteiger partial charge on any atom is -0.360 e. The summed E-state index contributed by atoms with van der Waals surface area (Å²) in [5.41, 5.74) is 1.74. The molecule has 1 aromatic rings. The molecule has 0 aromatic heterocycles. The number of likely N-dealkylation sites (tertiary alicyclic amines) is 1. The number of β-lactam (4-membered cyclic amide) rings is 1. The summed E-state index contributed by atoms with van der Waals surface area (Å²) >= 11 is 0. The minimum atomic E-state index is -0.194. The van der Waals surface area contributed by atoms with Crippen molar-refractivity contribution in [2.45, 2.75) is 95.9 Å². The first-order valence-corrected chi connectivity index (χ1v) is 12.4. The normalized spacial score (nSPS) is 44.5. The van der Waals surface area contributed by atoms with Crippen molar-refractivity contribution in [3.8, 4) is 0 Å². The molecule has 0 bridgehead atoms. The van der Waals surface area contributed by atoms with Gasteiger partial charge in [-0.05, 0) is 73.7 Å². The van der Waals surface area contributed by atoms with Gasteiger partial charge in [0.05, 0.1) is 11.6 Å². The third-order valence-electron chi connectivity index (χ3n) is 9.97. The van der Waals surface area contributed by atoms with E-state index in [9.17, 15) is 4.79 Å². The zero-order chi connectivity index (χ0) is 20.7. The molecule has 6 rings (SSSR count). The molecule has 3 aliphatic carbocycles. The number of ether oxygens (including phenoxy) is 1. The number of benzene rings is 1. The molecular weight excluding hydrogens is 370 g/mol. The van der Waals surface area contributed by atoms with Crippen LogP contribution in [0.25, 0.3) is 0 Å². The number of carbonyl (C=O) groups is 1. The number of rotatable bonds is 3. The maximum absolute atomic E-state index is 13.3. The smallest absolute Gasteiger partial charge is 0.254 e. The van der Waals surface area contributed by atoms with Crippen molar-refractivity contribution in [3.05, 3.63) is 35.9 Å². The SMILES string of the molecule is CC1(C)[C@@H]2C[C@@H]3[C@H](Cc4ccccc4)[C@@H]4[C@H](O[C@]3(C)C[C@@H]21)C(=O)N4C1CCCCC1. The highest BCUT2D eigenvalue weighted by atomic mass is 16.5. The van der Waals surface area contributed by atoms with Crippen molar-refractivity contribution >= 4 is 5.91 Å². The minimum absolute atomic E-state index is 0.135. The topological polar surface area (TPSA) is 29.5 Å². The first kappa shape index (κ1) is 19.3. The van der Waals surface area contributed by atoms with Gasteiger partial charge in [-0.3, -0.25) is 4.79 Å². The monoisotopic (exact) mass is 407 g/mol. The third-order valence-corrected chi connectivity index (χ3v) is 9.97. The van der Waals surface area contributed by atoms with Crippen molar-refractivity contribution in [3.63, 3.8) is 0 Å². The molecule has 5 aliphatic rings. The van der Waals surface area contributed by atoms with Crippen LogP contribution < -0.4 is 0 Å². The zero-order valence-electron chi connectivity index (χ0n) is 18.8. The second-order valence-corrected chi connectivity index (χ2v) is 11.8. The molecule has 3 nitrogen and oxygen atoms in total. The second-order valence-electron chi connectivity index (χ2n) is 11.8. The summed E-state index contributed by atoms with van der Waals surface area (Å²) in [5.74, 6) is 2.99. The van der Waals surface area contributed by atoms with Gasteiger partial charge in [-0.1, -0.05) is 63.4 Å². The van der Waals surface area contributed by atoms with Gasteiger partial charge in [0, 0.05) is 6.04 Å². The Labute approximate surface area is 181 Å². The van der Waals surface area contributed by atoms with Gasteiger partial charge < -0.3 is 9.64 Å². The fourth-order valence-corrected chi connectivity index (χ4v) is 8.12. The molecule has 0 spiro atoms. The largest absolute Gasteiger partial charge is 0.360 e. The van der Waals surface area contributed by atoms with Crippen molar-refractivity contribution < 1.29 is 9.53 Å². The summed E-state index contributed by atoms with van der Waals surface area (Å²) in [5, 5.41) is 0. The molecule has 1 amide bonds. The van der Waals surface area contributed by atoms with E-state index in [1.165, 1.54) is 44.1 Å². The molecule has 0 unspecified atom stereocenters. The van der Waals surface area contributed by atoms with E-state index in [2.05, 4.69) is 56.0 Å². The Bertz CT molecular complexity index is 829. The lowest BCUT2D eigenvalue weighted by molar-refractivity contribution is -0.261. The van der Waals surface area contributed by atoms with Gasteiger partial charge in [-0.15, -0.1) is 0 Å². The number of hydrogen-bond acceptors (Lipinski definition) is 2. The van der Waals surface area contributed by atoms with Gasteiger partial charge in [0.25, 0.3) is 5.91 Å². The average Bonchev–Trinajstić information content (AvgIpc) is 3.27. The molecule has 162 valence electrons. The summed E-state index contributed by atoms with van der Waals surface area (Å²) in [7, 11) is 0. The van der Waals surface area contributed by atoms with E-state index in [4.69, 9.17) is 4.74 Å². The van der Waals surface area contributed by atoms with Gasteiger partial charge in [0.1, 0.15) is 0 Å². The molecule has 0 N–H and O–H groups in total. The number of carbonyl (C=O) groups excluding carboxylic acids is 1. The molecule has 2 heterocycles. The van der Waals surface area contributed by atoms with E-state index in [1.807, 2.05) is 0 Å². The van der Waals surface area contributed by atoms with E-state index in [1.54, 1.807) is 0 Å². The number of hydrogen-bond donors (Lipinski definition) is 0. The average molecular weight is 408 g/mol. The van der Waals surface area contributed by atoms with Crippen LogP contribution in [0.1, 0.15) is 71.3 Å². The highest BCUT2D eigenvalue weighted by Crippen LogP contribution is 2.70. The van der Waals surface area contributed by atoms with Gasteiger partial charge >= 0.3 is 0 Å². The van der Waals surface area contributed by atoms with Gasteiger partial charge in [0.15, 0.2) is 6.10 Å². The Morgan fingerprint density at radius 3 is 2.47 bits per heavy atom. The Morgan fingerprint density at radius 2 is 1.73 bits per heavy atom. The van der Waals surface area contributed by atoms with Gasteiger partial charge in [0.2, 0.25) is 0 Å². The lowest BCUT2D eigenvalue weighted by atomic mass is 9.61. The summed E-state index contributed by atoms with van der Waals surface area (Å²) in [6.45, 7) is 7.24. The molecule has 7 atom stereocenters. The fraction of sp³-hybridized carbons (Fsp3) is 0.741. The van der Waals surface area contributed by atoms with E-state index >= 15 is 0 Å². The van der Waals surface area contributed by atoms with Crippen LogP contribution in [0.5, 0.6) is 0 Å². The fourth-order valence-electron chi connectivity index (χ4n) is 8.12. The third kappa shape index (κ3) is 2.70. The Hall–Kier alpha value is -1.35. The lowest BCUT2D eigenvalue weighted by Crippen LogP contribution is -2.77. The second kappa shape index (κ2) is 6.58. The standard InChI is InChI=1S/C27H37NO2/c1-26(2)21-15-20-19(14-17-10-6-4-7-11-17)23-24(30-27(20,3)16-22(21)26)25(29)28(23)18-12-8-5-9-13-18/h4,6-7,10-11,18-24H,5,8-9,12-16H2,1-3H3/t19-,20+,21+,22-,23+,24-,27+/m0/s1. The lowest BCUT2D eigenvalue weighted by Gasteiger charge is -2.63. The van der Waals surface area contributed by atoms with Crippen molar-refractivity contribution in [1.29, 1.82) is 0 Å². The van der Waals surface area contributed by atoms with Crippen LogP contribution in [0.4, 0.5) is 0 Å². The number of fused-ring (bicyclic) bond motifs is 3. The van der Waals surface area contributed by atoms with E-state index in [0.29, 0.717) is 29.2 Å². The maximum Gasteiger partial charge on any atom is 0.254 e. The van der Waals surface area contributed by atoms with Crippen LogP contribution in [0.3, 0.4) is 0 Å². The maximum atomic E-state index is 13.3. The molecular formula is C27H37NO2. The predicted molar refractivity (Wildman–Crippen MR) is 118 cm³/mol. The molecule has 3 heteroatoms. The Morgan fingerprint density at radius 1 is 1.00 bits per heavy atom. The van der Waals surface area contributed by atoms with Crippen LogP contribution in [0.15, 0.2) is 30.3 Å². The molecule has 0 radical (unpaired) electrons. The van der Waals surface area contributed by atoms with Crippen LogP contribution >= 0.6 is 0 Å². The zero-order valence-corrected chi connectivity index (χ0v) is 18.8. The molecule has 1 aromatic carbocycles. The summed E-state index contributed by atoms with van der Waals surface area (Å²) in [6.07, 6.45) is 9.56. The highest BCUT2D eigenvalue weighted by molar-refractivity contribution is 5.89. The van der Waals surface area contributed by atoms with Crippen molar-refractivity contribution in [2.24, 2.45) is 29.1 Å². The molecule has 30 heavy (non-hydrogen) atoms. The number of nitrogens with zero attached hydrogens (tertiary/aromatic N) is 1. The first-order valence-electron chi connectivity index (χ1n) is 12.4.